The molecule has 0 aliphatic carbocycles. The van der Waals surface area contributed by atoms with Gasteiger partial charge in [0, 0.05) is 15.8 Å². The van der Waals surface area contributed by atoms with E-state index in [2.05, 4.69) is 0 Å². The molecule has 1 heterocycles. The Hall–Kier alpha value is -1.06. The molecule has 0 amide bonds. The summed E-state index contributed by atoms with van der Waals surface area (Å²) in [7, 11) is 0. The molecule has 0 unspecified atom stereocenters. The van der Waals surface area contributed by atoms with Crippen molar-refractivity contribution in [1.82, 2.24) is 0 Å². The lowest BCUT2D eigenvalue weighted by molar-refractivity contribution is 0.112. The standard InChI is InChI=1S/C9H6ClNOS/c10-9-5(4-12)8-6(11)2-1-3-7(8)13-9/h1-4H,11H2. The summed E-state index contributed by atoms with van der Waals surface area (Å²) in [5, 5.41) is 0.771. The molecule has 2 rings (SSSR count). The predicted octanol–water partition coefficient (Wildman–Crippen LogP) is 2.95. The number of fused-ring (bicyclic) bond motifs is 1. The molecule has 13 heavy (non-hydrogen) atoms. The summed E-state index contributed by atoms with van der Waals surface area (Å²) in [6, 6.07) is 5.51. The second-order valence-electron chi connectivity index (χ2n) is 2.63. The number of anilines is 1. The fourth-order valence-electron chi connectivity index (χ4n) is 1.28. The summed E-state index contributed by atoms with van der Waals surface area (Å²) < 4.78 is 1.45. The van der Waals surface area contributed by atoms with E-state index in [1.807, 2.05) is 12.1 Å². The number of thiophene rings is 1. The zero-order chi connectivity index (χ0) is 9.42. The molecule has 1 aromatic heterocycles. The van der Waals surface area contributed by atoms with Crippen molar-refractivity contribution in [1.29, 1.82) is 0 Å². The molecule has 1 aromatic carbocycles. The highest BCUT2D eigenvalue weighted by atomic mass is 35.5. The van der Waals surface area contributed by atoms with Gasteiger partial charge in [0.2, 0.25) is 0 Å². The number of hydrogen-bond donors (Lipinski definition) is 1. The summed E-state index contributed by atoms with van der Waals surface area (Å²) in [6.45, 7) is 0. The average molecular weight is 212 g/mol. The van der Waals surface area contributed by atoms with Crippen molar-refractivity contribution in [2.24, 2.45) is 0 Å². The van der Waals surface area contributed by atoms with Gasteiger partial charge in [-0.1, -0.05) is 17.7 Å². The van der Waals surface area contributed by atoms with Crippen molar-refractivity contribution in [2.75, 3.05) is 5.73 Å². The lowest BCUT2D eigenvalue weighted by Gasteiger charge is -1.95. The largest absolute Gasteiger partial charge is 0.398 e. The van der Waals surface area contributed by atoms with Gasteiger partial charge in [0.1, 0.15) is 4.34 Å². The molecular formula is C9H6ClNOS. The summed E-state index contributed by atoms with van der Waals surface area (Å²) in [6.07, 6.45) is 0.748. The maximum atomic E-state index is 10.7. The van der Waals surface area contributed by atoms with E-state index < -0.39 is 0 Å². The molecule has 4 heteroatoms. The van der Waals surface area contributed by atoms with E-state index >= 15 is 0 Å². The van der Waals surface area contributed by atoms with Crippen LogP contribution in [-0.2, 0) is 0 Å². The predicted molar refractivity (Wildman–Crippen MR) is 56.6 cm³/mol. The summed E-state index contributed by atoms with van der Waals surface area (Å²) in [4.78, 5) is 10.7. The van der Waals surface area contributed by atoms with Crippen LogP contribution in [0.1, 0.15) is 10.4 Å². The number of halogens is 1. The minimum Gasteiger partial charge on any atom is -0.398 e. The van der Waals surface area contributed by atoms with Gasteiger partial charge in [0.25, 0.3) is 0 Å². The van der Waals surface area contributed by atoms with Crippen molar-refractivity contribution < 1.29 is 4.79 Å². The van der Waals surface area contributed by atoms with Crippen molar-refractivity contribution >= 4 is 45.0 Å². The highest BCUT2D eigenvalue weighted by molar-refractivity contribution is 7.23. The molecule has 2 N–H and O–H groups in total. The third-order valence-electron chi connectivity index (χ3n) is 1.86. The minimum absolute atomic E-state index is 0.500. The first kappa shape index (κ1) is 8.53. The van der Waals surface area contributed by atoms with Gasteiger partial charge >= 0.3 is 0 Å². The quantitative estimate of drug-likeness (QED) is 0.582. The Morgan fingerprint density at radius 3 is 2.92 bits per heavy atom. The lowest BCUT2D eigenvalue weighted by Crippen LogP contribution is -1.86. The Kier molecular flexibility index (Phi) is 1.98. The van der Waals surface area contributed by atoms with Crippen LogP contribution in [0.25, 0.3) is 10.1 Å². The van der Waals surface area contributed by atoms with Gasteiger partial charge in [-0.05, 0) is 12.1 Å². The molecule has 0 aliphatic rings. The first-order valence-electron chi connectivity index (χ1n) is 3.65. The van der Waals surface area contributed by atoms with Crippen LogP contribution >= 0.6 is 22.9 Å². The average Bonchev–Trinajstić information content (AvgIpc) is 2.42. The molecule has 0 fully saturated rings. The van der Waals surface area contributed by atoms with Crippen LogP contribution in [-0.4, -0.2) is 6.29 Å². The summed E-state index contributed by atoms with van der Waals surface area (Å²) in [5.41, 5.74) is 6.83. The maximum absolute atomic E-state index is 10.7. The van der Waals surface area contributed by atoms with Crippen molar-refractivity contribution in [3.05, 3.63) is 28.1 Å². The number of rotatable bonds is 1. The first-order valence-corrected chi connectivity index (χ1v) is 4.85. The smallest absolute Gasteiger partial charge is 0.153 e. The van der Waals surface area contributed by atoms with E-state index in [-0.39, 0.29) is 0 Å². The molecular weight excluding hydrogens is 206 g/mol. The first-order chi connectivity index (χ1) is 6.24. The van der Waals surface area contributed by atoms with Gasteiger partial charge in [0.15, 0.2) is 6.29 Å². The monoisotopic (exact) mass is 211 g/mol. The Morgan fingerprint density at radius 1 is 1.46 bits per heavy atom. The van der Waals surface area contributed by atoms with Gasteiger partial charge in [-0.2, -0.15) is 0 Å². The van der Waals surface area contributed by atoms with Gasteiger partial charge in [-0.15, -0.1) is 11.3 Å². The molecule has 0 saturated carbocycles. The molecule has 0 radical (unpaired) electrons. The van der Waals surface area contributed by atoms with Gasteiger partial charge in [0.05, 0.1) is 5.56 Å². The third-order valence-corrected chi connectivity index (χ3v) is 3.25. The summed E-state index contributed by atoms with van der Waals surface area (Å²) in [5.74, 6) is 0. The minimum atomic E-state index is 0.500. The molecule has 0 saturated heterocycles. The van der Waals surface area contributed by atoms with Crippen LogP contribution < -0.4 is 5.73 Å². The normalized spacial score (nSPS) is 10.5. The Labute approximate surface area is 83.9 Å². The number of carbonyl (C=O) groups is 1. The Bertz CT molecular complexity index is 478. The molecule has 0 bridgehead atoms. The van der Waals surface area contributed by atoms with Gasteiger partial charge in [-0.25, -0.2) is 0 Å². The fraction of sp³-hybridized carbons (Fsp3) is 0. The Morgan fingerprint density at radius 2 is 2.23 bits per heavy atom. The summed E-state index contributed by atoms with van der Waals surface area (Å²) >= 11 is 7.24. The van der Waals surface area contributed by atoms with E-state index in [1.165, 1.54) is 11.3 Å². The zero-order valence-electron chi connectivity index (χ0n) is 6.58. The molecule has 0 atom stereocenters. The zero-order valence-corrected chi connectivity index (χ0v) is 8.15. The molecule has 0 aliphatic heterocycles. The highest BCUT2D eigenvalue weighted by Crippen LogP contribution is 2.36. The number of nitrogens with two attached hydrogens (primary N) is 1. The van der Waals surface area contributed by atoms with Gasteiger partial charge < -0.3 is 5.73 Å². The Balaban J connectivity index is 2.96. The van der Waals surface area contributed by atoms with E-state index in [4.69, 9.17) is 17.3 Å². The van der Waals surface area contributed by atoms with Gasteiger partial charge in [-0.3, -0.25) is 4.79 Å². The fourth-order valence-corrected chi connectivity index (χ4v) is 2.59. The van der Waals surface area contributed by atoms with Crippen molar-refractivity contribution in [3.8, 4) is 0 Å². The highest BCUT2D eigenvalue weighted by Gasteiger charge is 2.11. The van der Waals surface area contributed by atoms with Crippen LogP contribution in [0.15, 0.2) is 18.2 Å². The topological polar surface area (TPSA) is 43.1 Å². The number of hydrogen-bond acceptors (Lipinski definition) is 3. The van der Waals surface area contributed by atoms with Crippen molar-refractivity contribution in [3.63, 3.8) is 0 Å². The maximum Gasteiger partial charge on any atom is 0.153 e. The van der Waals surface area contributed by atoms with E-state index in [9.17, 15) is 4.79 Å². The molecule has 66 valence electrons. The number of carbonyl (C=O) groups excluding carboxylic acids is 1. The SMILES string of the molecule is Nc1cccc2sc(Cl)c(C=O)c12. The van der Waals surface area contributed by atoms with Crippen molar-refractivity contribution in [2.45, 2.75) is 0 Å². The van der Waals surface area contributed by atoms with E-state index in [0.29, 0.717) is 15.6 Å². The van der Waals surface area contributed by atoms with Crippen LogP contribution in [0.3, 0.4) is 0 Å². The second kappa shape index (κ2) is 3.01. The molecule has 2 aromatic rings. The van der Waals surface area contributed by atoms with Crippen LogP contribution in [0.4, 0.5) is 5.69 Å². The van der Waals surface area contributed by atoms with E-state index in [0.717, 1.165) is 16.4 Å². The van der Waals surface area contributed by atoms with Crippen LogP contribution in [0, 0.1) is 0 Å². The molecule has 0 spiro atoms. The lowest BCUT2D eigenvalue weighted by atomic mass is 10.1. The third kappa shape index (κ3) is 1.20. The number of nitrogen functional groups attached to an aromatic ring is 1. The number of benzene rings is 1. The van der Waals surface area contributed by atoms with E-state index in [1.54, 1.807) is 6.07 Å². The van der Waals surface area contributed by atoms with Crippen LogP contribution in [0.5, 0.6) is 0 Å². The molecule has 2 nitrogen and oxygen atoms in total. The van der Waals surface area contributed by atoms with Crippen LogP contribution in [0.2, 0.25) is 4.34 Å². The second-order valence-corrected chi connectivity index (χ2v) is 4.28. The number of aldehydes is 1.